The highest BCUT2D eigenvalue weighted by Gasteiger charge is 2.20. The quantitative estimate of drug-likeness (QED) is 0.700. The van der Waals surface area contributed by atoms with Crippen LogP contribution in [0.2, 0.25) is 20.2 Å². The van der Waals surface area contributed by atoms with Crippen molar-refractivity contribution in [2.24, 2.45) is 0 Å². The molecule has 1 aromatic heterocycles. The highest BCUT2D eigenvalue weighted by Crippen LogP contribution is 2.40. The van der Waals surface area contributed by atoms with Gasteiger partial charge in [-0.3, -0.25) is 0 Å². The fourth-order valence-corrected chi connectivity index (χ4v) is 2.63. The van der Waals surface area contributed by atoms with Gasteiger partial charge in [-0.15, -0.1) is 0 Å². The summed E-state index contributed by atoms with van der Waals surface area (Å²) < 4.78 is 0. The van der Waals surface area contributed by atoms with Crippen LogP contribution in [-0.2, 0) is 0 Å². The topological polar surface area (TPSA) is 16.1 Å². The van der Waals surface area contributed by atoms with Crippen LogP contribution in [0.25, 0.3) is 0 Å². The van der Waals surface area contributed by atoms with Gasteiger partial charge >= 0.3 is 0 Å². The molecule has 0 aromatic carbocycles. The largest absolute Gasteiger partial charge is 0.355 e. The van der Waals surface area contributed by atoms with Gasteiger partial charge in [0.1, 0.15) is 5.02 Å². The minimum atomic E-state index is 0.205. The van der Waals surface area contributed by atoms with Crippen LogP contribution in [0, 0.1) is 0 Å². The van der Waals surface area contributed by atoms with Crippen molar-refractivity contribution in [2.45, 2.75) is 19.3 Å². The first kappa shape index (κ1) is 12.6. The second-order valence-electron chi connectivity index (χ2n) is 3.72. The van der Waals surface area contributed by atoms with E-state index in [0.717, 1.165) is 25.9 Å². The molecule has 1 fully saturated rings. The van der Waals surface area contributed by atoms with Crippen LogP contribution in [-0.4, -0.2) is 18.1 Å². The summed E-state index contributed by atoms with van der Waals surface area (Å²) in [5.74, 6) is 0.640. The van der Waals surface area contributed by atoms with Gasteiger partial charge in [0.2, 0.25) is 0 Å². The van der Waals surface area contributed by atoms with E-state index in [2.05, 4.69) is 9.88 Å². The molecule has 0 radical (unpaired) electrons. The van der Waals surface area contributed by atoms with Crippen molar-refractivity contribution in [2.75, 3.05) is 18.0 Å². The molecule has 1 saturated heterocycles. The lowest BCUT2D eigenvalue weighted by Gasteiger charge is -2.28. The number of nitrogens with zero attached hydrogens (tertiary/aromatic N) is 2. The van der Waals surface area contributed by atoms with Crippen LogP contribution in [0.4, 0.5) is 5.82 Å². The molecule has 2 rings (SSSR count). The number of hydrogen-bond acceptors (Lipinski definition) is 2. The Labute approximate surface area is 114 Å². The van der Waals surface area contributed by atoms with Gasteiger partial charge in [0.05, 0.1) is 10.0 Å². The van der Waals surface area contributed by atoms with Gasteiger partial charge < -0.3 is 4.90 Å². The number of rotatable bonds is 1. The molecule has 2 heterocycles. The third-order valence-electron chi connectivity index (χ3n) is 2.62. The summed E-state index contributed by atoms with van der Waals surface area (Å²) >= 11 is 23.9. The predicted octanol–water partition coefficient (Wildman–Crippen LogP) is 4.69. The zero-order valence-corrected chi connectivity index (χ0v) is 11.5. The van der Waals surface area contributed by atoms with E-state index in [4.69, 9.17) is 46.4 Å². The Hall–Kier alpha value is 0.110. The van der Waals surface area contributed by atoms with Gasteiger partial charge in [0.25, 0.3) is 0 Å². The molecule has 0 saturated carbocycles. The van der Waals surface area contributed by atoms with Crippen LogP contribution in [0.3, 0.4) is 0 Å². The van der Waals surface area contributed by atoms with Crippen LogP contribution in [0.1, 0.15) is 19.3 Å². The standard InChI is InChI=1S/C10H10Cl4N2/c11-6-7(12)9(14)15-10(8(6)13)16-4-2-1-3-5-16/h1-5H2. The van der Waals surface area contributed by atoms with Crippen LogP contribution >= 0.6 is 46.4 Å². The first-order valence-electron chi connectivity index (χ1n) is 5.06. The average molecular weight is 300 g/mol. The summed E-state index contributed by atoms with van der Waals surface area (Å²) in [6.07, 6.45) is 3.51. The number of anilines is 1. The highest BCUT2D eigenvalue weighted by atomic mass is 35.5. The lowest BCUT2D eigenvalue weighted by Crippen LogP contribution is -2.30. The predicted molar refractivity (Wildman–Crippen MR) is 70.3 cm³/mol. The second-order valence-corrected chi connectivity index (χ2v) is 5.21. The molecule has 0 N–H and O–H groups in total. The molecule has 0 atom stereocenters. The van der Waals surface area contributed by atoms with Crippen LogP contribution in [0.15, 0.2) is 0 Å². The normalized spacial score (nSPS) is 16.6. The number of halogens is 4. The molecule has 1 aliphatic heterocycles. The Morgan fingerprint density at radius 3 is 2.06 bits per heavy atom. The molecule has 88 valence electrons. The number of pyridine rings is 1. The lowest BCUT2D eigenvalue weighted by atomic mass is 10.1. The maximum absolute atomic E-state index is 6.12. The summed E-state index contributed by atoms with van der Waals surface area (Å²) in [5.41, 5.74) is 0. The first-order chi connectivity index (χ1) is 7.61. The van der Waals surface area contributed by atoms with E-state index in [1.54, 1.807) is 0 Å². The Bertz CT molecular complexity index is 402. The Morgan fingerprint density at radius 2 is 1.44 bits per heavy atom. The zero-order valence-electron chi connectivity index (χ0n) is 8.44. The van der Waals surface area contributed by atoms with Crippen molar-refractivity contribution in [1.82, 2.24) is 4.98 Å². The molecule has 1 aromatic rings. The van der Waals surface area contributed by atoms with E-state index in [1.165, 1.54) is 6.42 Å². The lowest BCUT2D eigenvalue weighted by molar-refractivity contribution is 0.573. The molecule has 6 heteroatoms. The maximum Gasteiger partial charge on any atom is 0.151 e. The van der Waals surface area contributed by atoms with Crippen molar-refractivity contribution in [3.05, 3.63) is 20.2 Å². The second kappa shape index (κ2) is 5.18. The molecular formula is C10H10Cl4N2. The molecule has 0 amide bonds. The van der Waals surface area contributed by atoms with Crippen LogP contribution < -0.4 is 4.90 Å². The third-order valence-corrected chi connectivity index (χ3v) is 4.29. The smallest absolute Gasteiger partial charge is 0.151 e. The minimum Gasteiger partial charge on any atom is -0.355 e. The summed E-state index contributed by atoms with van der Waals surface area (Å²) in [7, 11) is 0. The zero-order chi connectivity index (χ0) is 11.7. The summed E-state index contributed by atoms with van der Waals surface area (Å²) in [5, 5.41) is 1.09. The van der Waals surface area contributed by atoms with Gasteiger partial charge in [-0.2, -0.15) is 0 Å². The van der Waals surface area contributed by atoms with Gasteiger partial charge in [0, 0.05) is 13.1 Å². The Morgan fingerprint density at radius 1 is 0.812 bits per heavy atom. The van der Waals surface area contributed by atoms with Crippen molar-refractivity contribution < 1.29 is 0 Å². The third kappa shape index (κ3) is 2.35. The average Bonchev–Trinajstić information content (AvgIpc) is 2.32. The van der Waals surface area contributed by atoms with E-state index >= 15 is 0 Å². The maximum atomic E-state index is 6.12. The molecule has 0 aliphatic carbocycles. The number of aromatic nitrogens is 1. The molecule has 16 heavy (non-hydrogen) atoms. The van der Waals surface area contributed by atoms with Crippen LogP contribution in [0.5, 0.6) is 0 Å². The molecule has 0 spiro atoms. The van der Waals surface area contributed by atoms with Gasteiger partial charge in [0.15, 0.2) is 11.0 Å². The van der Waals surface area contributed by atoms with Crippen molar-refractivity contribution in [3.8, 4) is 0 Å². The summed E-state index contributed by atoms with van der Waals surface area (Å²) in [6, 6.07) is 0. The SMILES string of the molecule is Clc1nc(N2CCCCC2)c(Cl)c(Cl)c1Cl. The van der Waals surface area contributed by atoms with E-state index in [0.29, 0.717) is 10.8 Å². The van der Waals surface area contributed by atoms with E-state index in [-0.39, 0.29) is 15.2 Å². The first-order valence-corrected chi connectivity index (χ1v) is 6.57. The Kier molecular flexibility index (Phi) is 4.06. The fraction of sp³-hybridized carbons (Fsp3) is 0.500. The minimum absolute atomic E-state index is 0.205. The highest BCUT2D eigenvalue weighted by molar-refractivity contribution is 6.52. The number of hydrogen-bond donors (Lipinski definition) is 0. The van der Waals surface area contributed by atoms with E-state index in [1.807, 2.05) is 0 Å². The van der Waals surface area contributed by atoms with E-state index < -0.39 is 0 Å². The number of piperidine rings is 1. The van der Waals surface area contributed by atoms with Crippen molar-refractivity contribution >= 4 is 52.2 Å². The van der Waals surface area contributed by atoms with Crippen molar-refractivity contribution in [1.29, 1.82) is 0 Å². The molecule has 0 bridgehead atoms. The monoisotopic (exact) mass is 298 g/mol. The Balaban J connectivity index is 2.40. The van der Waals surface area contributed by atoms with E-state index in [9.17, 15) is 0 Å². The van der Waals surface area contributed by atoms with Crippen molar-refractivity contribution in [3.63, 3.8) is 0 Å². The summed E-state index contributed by atoms with van der Waals surface area (Å²) in [4.78, 5) is 6.30. The fourth-order valence-electron chi connectivity index (χ4n) is 1.79. The molecule has 1 aliphatic rings. The van der Waals surface area contributed by atoms with Gasteiger partial charge in [-0.1, -0.05) is 46.4 Å². The molecular weight excluding hydrogens is 290 g/mol. The van der Waals surface area contributed by atoms with Gasteiger partial charge in [-0.05, 0) is 19.3 Å². The summed E-state index contributed by atoms with van der Waals surface area (Å²) in [6.45, 7) is 1.86. The molecule has 2 nitrogen and oxygen atoms in total. The van der Waals surface area contributed by atoms with Gasteiger partial charge in [-0.25, -0.2) is 4.98 Å². The molecule has 0 unspecified atom stereocenters.